The summed E-state index contributed by atoms with van der Waals surface area (Å²) in [5, 5.41) is 6.77. The fraction of sp³-hybridized carbons (Fsp3) is 0.435. The normalized spacial score (nSPS) is 12.4. The van der Waals surface area contributed by atoms with E-state index in [-0.39, 0.29) is 24.0 Å². The van der Waals surface area contributed by atoms with Crippen LogP contribution in [0.15, 0.2) is 41.4 Å². The highest BCUT2D eigenvalue weighted by atomic mass is 127. The number of hydrogen-bond acceptors (Lipinski definition) is 4. The Bertz CT molecular complexity index is 842. The first-order valence-corrected chi connectivity index (χ1v) is 10.1. The molecule has 1 aliphatic rings. The zero-order chi connectivity index (χ0) is 20.5. The number of nitrogens with one attached hydrogen (secondary N) is 2. The average molecular weight is 525 g/mol. The fourth-order valence-corrected chi connectivity index (χ4v) is 3.48. The standard InChI is InChI=1S/C23H31N3O3.HI/c1-24-23(26-13-10-18-6-8-20-19(15-18)11-14-29-20)25-12-4-5-17-7-9-21(27-2)22(16-17)28-3;/h6-9,15-16H,4-5,10-14H2,1-3H3,(H2,24,25,26);1H. The second kappa shape index (κ2) is 12.5. The van der Waals surface area contributed by atoms with Gasteiger partial charge in [0.25, 0.3) is 0 Å². The van der Waals surface area contributed by atoms with E-state index in [9.17, 15) is 0 Å². The Morgan fingerprint density at radius 2 is 1.70 bits per heavy atom. The van der Waals surface area contributed by atoms with E-state index in [0.29, 0.717) is 0 Å². The average Bonchev–Trinajstić information content (AvgIpc) is 3.23. The van der Waals surface area contributed by atoms with Gasteiger partial charge in [-0.15, -0.1) is 24.0 Å². The van der Waals surface area contributed by atoms with Gasteiger partial charge in [0.15, 0.2) is 17.5 Å². The van der Waals surface area contributed by atoms with Crippen LogP contribution in [-0.2, 0) is 19.3 Å². The number of benzene rings is 2. The number of nitrogens with zero attached hydrogens (tertiary/aromatic N) is 1. The molecular weight excluding hydrogens is 493 g/mol. The van der Waals surface area contributed by atoms with Gasteiger partial charge < -0.3 is 24.8 Å². The minimum Gasteiger partial charge on any atom is -0.493 e. The Balaban J connectivity index is 0.00000320. The highest BCUT2D eigenvalue weighted by Gasteiger charge is 2.11. The number of aliphatic imine (C=N–C) groups is 1. The lowest BCUT2D eigenvalue weighted by Crippen LogP contribution is -2.38. The molecule has 0 aromatic heterocycles. The van der Waals surface area contributed by atoms with Crippen LogP contribution in [-0.4, -0.2) is 46.9 Å². The molecule has 1 aliphatic heterocycles. The van der Waals surface area contributed by atoms with E-state index in [1.54, 1.807) is 21.3 Å². The first-order chi connectivity index (χ1) is 14.2. The van der Waals surface area contributed by atoms with Gasteiger partial charge >= 0.3 is 0 Å². The van der Waals surface area contributed by atoms with Crippen LogP contribution in [0.5, 0.6) is 17.2 Å². The number of halogens is 1. The van der Waals surface area contributed by atoms with Gasteiger partial charge in [-0.25, -0.2) is 0 Å². The summed E-state index contributed by atoms with van der Waals surface area (Å²) in [5.41, 5.74) is 3.87. The van der Waals surface area contributed by atoms with E-state index in [4.69, 9.17) is 14.2 Å². The molecule has 0 saturated heterocycles. The zero-order valence-electron chi connectivity index (χ0n) is 18.0. The molecule has 30 heavy (non-hydrogen) atoms. The Hall–Kier alpha value is -2.16. The molecule has 7 heteroatoms. The van der Waals surface area contributed by atoms with Crippen molar-refractivity contribution < 1.29 is 14.2 Å². The molecule has 0 saturated carbocycles. The number of fused-ring (bicyclic) bond motifs is 1. The van der Waals surface area contributed by atoms with E-state index in [1.807, 2.05) is 12.1 Å². The van der Waals surface area contributed by atoms with Crippen LogP contribution < -0.4 is 24.8 Å². The second-order valence-electron chi connectivity index (χ2n) is 7.01. The molecule has 0 bridgehead atoms. The van der Waals surface area contributed by atoms with E-state index in [2.05, 4.69) is 39.9 Å². The Kier molecular flexibility index (Phi) is 10.1. The fourth-order valence-electron chi connectivity index (χ4n) is 3.48. The summed E-state index contributed by atoms with van der Waals surface area (Å²) >= 11 is 0. The smallest absolute Gasteiger partial charge is 0.190 e. The highest BCUT2D eigenvalue weighted by Crippen LogP contribution is 2.28. The van der Waals surface area contributed by atoms with Gasteiger partial charge in [-0.2, -0.15) is 0 Å². The van der Waals surface area contributed by atoms with Crippen molar-refractivity contribution in [2.75, 3.05) is 41.0 Å². The SMILES string of the molecule is CN=C(NCCCc1ccc(OC)c(OC)c1)NCCc1ccc2c(c1)CCO2.I. The van der Waals surface area contributed by atoms with E-state index >= 15 is 0 Å². The summed E-state index contributed by atoms with van der Waals surface area (Å²) in [6, 6.07) is 12.5. The minimum absolute atomic E-state index is 0. The molecule has 164 valence electrons. The van der Waals surface area contributed by atoms with Crippen molar-refractivity contribution in [1.29, 1.82) is 0 Å². The van der Waals surface area contributed by atoms with Crippen molar-refractivity contribution in [1.82, 2.24) is 10.6 Å². The van der Waals surface area contributed by atoms with Crippen LogP contribution in [0.4, 0.5) is 0 Å². The number of methoxy groups -OCH3 is 2. The summed E-state index contributed by atoms with van der Waals surface area (Å²) in [4.78, 5) is 4.31. The monoisotopic (exact) mass is 525 g/mol. The molecule has 0 fully saturated rings. The van der Waals surface area contributed by atoms with Crippen molar-refractivity contribution in [3.05, 3.63) is 53.1 Å². The first kappa shape index (κ1) is 24.1. The van der Waals surface area contributed by atoms with E-state index in [0.717, 1.165) is 68.6 Å². The summed E-state index contributed by atoms with van der Waals surface area (Å²) in [5.74, 6) is 3.40. The van der Waals surface area contributed by atoms with Crippen molar-refractivity contribution in [2.24, 2.45) is 4.99 Å². The molecule has 3 rings (SSSR count). The van der Waals surface area contributed by atoms with Gasteiger partial charge in [-0.3, -0.25) is 4.99 Å². The largest absolute Gasteiger partial charge is 0.493 e. The van der Waals surface area contributed by atoms with E-state index < -0.39 is 0 Å². The van der Waals surface area contributed by atoms with Gasteiger partial charge in [0.2, 0.25) is 0 Å². The third kappa shape index (κ3) is 6.68. The number of aryl methyl sites for hydroxylation is 1. The maximum absolute atomic E-state index is 5.57. The van der Waals surface area contributed by atoms with Crippen LogP contribution in [0.1, 0.15) is 23.1 Å². The van der Waals surface area contributed by atoms with Crippen LogP contribution in [0, 0.1) is 0 Å². The quantitative estimate of drug-likeness (QED) is 0.227. The van der Waals surface area contributed by atoms with Crippen LogP contribution in [0.3, 0.4) is 0 Å². The highest BCUT2D eigenvalue weighted by molar-refractivity contribution is 14.0. The predicted octanol–water partition coefficient (Wildman–Crippen LogP) is 3.60. The second-order valence-corrected chi connectivity index (χ2v) is 7.01. The molecule has 0 spiro atoms. The molecule has 1 heterocycles. The maximum atomic E-state index is 5.57. The number of rotatable bonds is 9. The molecule has 0 unspecified atom stereocenters. The van der Waals surface area contributed by atoms with Gasteiger partial charge in [0, 0.05) is 26.6 Å². The van der Waals surface area contributed by atoms with Crippen LogP contribution >= 0.6 is 24.0 Å². The minimum atomic E-state index is 0. The van der Waals surface area contributed by atoms with Crippen molar-refractivity contribution in [3.8, 4) is 17.2 Å². The predicted molar refractivity (Wildman–Crippen MR) is 132 cm³/mol. The summed E-state index contributed by atoms with van der Waals surface area (Å²) in [7, 11) is 5.12. The topological polar surface area (TPSA) is 64.1 Å². The Morgan fingerprint density at radius 3 is 2.47 bits per heavy atom. The van der Waals surface area contributed by atoms with Crippen LogP contribution in [0.2, 0.25) is 0 Å². The molecule has 0 radical (unpaired) electrons. The van der Waals surface area contributed by atoms with Gasteiger partial charge in [0.1, 0.15) is 5.75 Å². The summed E-state index contributed by atoms with van der Waals surface area (Å²) in [6.45, 7) is 2.50. The number of guanidine groups is 1. The maximum Gasteiger partial charge on any atom is 0.190 e. The lowest BCUT2D eigenvalue weighted by Gasteiger charge is -2.13. The Morgan fingerprint density at radius 1 is 0.967 bits per heavy atom. The number of ether oxygens (including phenoxy) is 3. The number of hydrogen-bond donors (Lipinski definition) is 2. The third-order valence-electron chi connectivity index (χ3n) is 5.07. The Labute approximate surface area is 196 Å². The molecule has 2 aromatic rings. The lowest BCUT2D eigenvalue weighted by atomic mass is 10.1. The molecular formula is C23H32IN3O3. The van der Waals surface area contributed by atoms with Crippen LogP contribution in [0.25, 0.3) is 0 Å². The molecule has 6 nitrogen and oxygen atoms in total. The van der Waals surface area contributed by atoms with Crippen molar-refractivity contribution >= 4 is 29.9 Å². The first-order valence-electron chi connectivity index (χ1n) is 10.1. The zero-order valence-corrected chi connectivity index (χ0v) is 20.3. The molecule has 2 N–H and O–H groups in total. The molecule has 0 aliphatic carbocycles. The molecule has 2 aromatic carbocycles. The van der Waals surface area contributed by atoms with Gasteiger partial charge in [-0.05, 0) is 54.2 Å². The van der Waals surface area contributed by atoms with Crippen molar-refractivity contribution in [3.63, 3.8) is 0 Å². The van der Waals surface area contributed by atoms with E-state index in [1.165, 1.54) is 16.7 Å². The van der Waals surface area contributed by atoms with Gasteiger partial charge in [-0.1, -0.05) is 18.2 Å². The molecule has 0 atom stereocenters. The summed E-state index contributed by atoms with van der Waals surface area (Å²) in [6.07, 6.45) is 3.93. The molecule has 0 amide bonds. The van der Waals surface area contributed by atoms with Crippen molar-refractivity contribution in [2.45, 2.75) is 25.7 Å². The summed E-state index contributed by atoms with van der Waals surface area (Å²) < 4.78 is 16.2. The lowest BCUT2D eigenvalue weighted by molar-refractivity contribution is 0.354. The van der Waals surface area contributed by atoms with Gasteiger partial charge in [0.05, 0.1) is 20.8 Å². The third-order valence-corrected chi connectivity index (χ3v) is 5.07.